The number of thioether (sulfide) groups is 1. The molecule has 4 nitrogen and oxygen atoms in total. The van der Waals surface area contributed by atoms with Gasteiger partial charge in [0.05, 0.1) is 18.1 Å². The lowest BCUT2D eigenvalue weighted by atomic mass is 10.2. The number of rotatable bonds is 3. The van der Waals surface area contributed by atoms with Crippen molar-refractivity contribution in [3.63, 3.8) is 0 Å². The minimum atomic E-state index is 0.233. The molecule has 0 spiro atoms. The van der Waals surface area contributed by atoms with E-state index in [4.69, 9.17) is 4.74 Å². The molecule has 0 radical (unpaired) electrons. The summed E-state index contributed by atoms with van der Waals surface area (Å²) in [6.07, 6.45) is 0. The average Bonchev–Trinajstić information content (AvgIpc) is 2.98. The van der Waals surface area contributed by atoms with Crippen LogP contribution in [0.1, 0.15) is 34.0 Å². The molecule has 3 heterocycles. The average molecular weight is 357 g/mol. The number of morpholine rings is 1. The van der Waals surface area contributed by atoms with Crippen molar-refractivity contribution in [3.05, 3.63) is 21.4 Å². The smallest absolute Gasteiger partial charge is 0.264 e. The van der Waals surface area contributed by atoms with Crippen molar-refractivity contribution >= 4 is 29.0 Å². The second kappa shape index (κ2) is 9.67. The third-order valence-electron chi connectivity index (χ3n) is 3.92. The van der Waals surface area contributed by atoms with E-state index in [0.717, 1.165) is 62.3 Å². The molecule has 2 aliphatic rings. The molecular formula is C17H28N2O2S2. The van der Waals surface area contributed by atoms with Gasteiger partial charge in [-0.1, -0.05) is 13.8 Å². The van der Waals surface area contributed by atoms with E-state index in [2.05, 4.69) is 17.9 Å². The molecule has 1 aromatic rings. The molecule has 0 N–H and O–H groups in total. The second-order valence-electron chi connectivity index (χ2n) is 5.50. The maximum absolute atomic E-state index is 12.8. The zero-order valence-corrected chi connectivity index (χ0v) is 16.1. The van der Waals surface area contributed by atoms with Gasteiger partial charge in [0.2, 0.25) is 0 Å². The zero-order chi connectivity index (χ0) is 16.7. The Labute approximate surface area is 148 Å². The molecule has 3 rings (SSSR count). The Morgan fingerprint density at radius 3 is 2.48 bits per heavy atom. The molecule has 0 unspecified atom stereocenters. The van der Waals surface area contributed by atoms with Gasteiger partial charge < -0.3 is 9.64 Å². The summed E-state index contributed by atoms with van der Waals surface area (Å²) in [5.74, 6) is 2.36. The Morgan fingerprint density at radius 1 is 1.17 bits per heavy atom. The van der Waals surface area contributed by atoms with Crippen LogP contribution in [0.3, 0.4) is 0 Å². The van der Waals surface area contributed by atoms with Gasteiger partial charge >= 0.3 is 0 Å². The first-order valence-corrected chi connectivity index (χ1v) is 10.5. The van der Waals surface area contributed by atoms with Crippen LogP contribution in [0.4, 0.5) is 0 Å². The summed E-state index contributed by atoms with van der Waals surface area (Å²) < 4.78 is 5.40. The molecule has 0 aliphatic carbocycles. The number of amides is 1. The summed E-state index contributed by atoms with van der Waals surface area (Å²) in [7, 11) is 0. The molecule has 2 saturated heterocycles. The van der Waals surface area contributed by atoms with Crippen molar-refractivity contribution in [1.82, 2.24) is 9.80 Å². The maximum atomic E-state index is 12.8. The highest BCUT2D eigenvalue weighted by Crippen LogP contribution is 2.26. The third kappa shape index (κ3) is 5.21. The lowest BCUT2D eigenvalue weighted by Gasteiger charge is -2.28. The van der Waals surface area contributed by atoms with E-state index in [-0.39, 0.29) is 5.91 Å². The van der Waals surface area contributed by atoms with Crippen LogP contribution >= 0.6 is 23.1 Å². The van der Waals surface area contributed by atoms with E-state index in [1.807, 2.05) is 30.5 Å². The molecule has 0 atom stereocenters. The van der Waals surface area contributed by atoms with Gasteiger partial charge in [0, 0.05) is 49.1 Å². The minimum absolute atomic E-state index is 0.233. The largest absolute Gasteiger partial charge is 0.379 e. The van der Waals surface area contributed by atoms with Gasteiger partial charge in [0.1, 0.15) is 0 Å². The summed E-state index contributed by atoms with van der Waals surface area (Å²) in [6, 6.07) is 2.19. The molecular weight excluding hydrogens is 328 g/mol. The van der Waals surface area contributed by atoms with Crippen molar-refractivity contribution in [2.75, 3.05) is 50.9 Å². The Balaban J connectivity index is 0.000000924. The number of carbonyl (C=O) groups excluding carboxylic acids is 1. The fourth-order valence-electron chi connectivity index (χ4n) is 2.78. The highest BCUT2D eigenvalue weighted by Gasteiger charge is 2.24. The summed E-state index contributed by atoms with van der Waals surface area (Å²) >= 11 is 3.59. The first-order chi connectivity index (χ1) is 11.2. The molecule has 2 fully saturated rings. The van der Waals surface area contributed by atoms with Crippen LogP contribution in [-0.4, -0.2) is 66.6 Å². The Kier molecular flexibility index (Phi) is 7.89. The van der Waals surface area contributed by atoms with Gasteiger partial charge in [0.15, 0.2) is 0 Å². The molecule has 130 valence electrons. The van der Waals surface area contributed by atoms with Crippen LogP contribution in [0.15, 0.2) is 6.07 Å². The number of nitrogens with zero attached hydrogens (tertiary/aromatic N) is 2. The van der Waals surface area contributed by atoms with E-state index >= 15 is 0 Å². The summed E-state index contributed by atoms with van der Waals surface area (Å²) in [4.78, 5) is 19.3. The quantitative estimate of drug-likeness (QED) is 0.833. The van der Waals surface area contributed by atoms with Crippen LogP contribution in [0.25, 0.3) is 0 Å². The Bertz CT molecular complexity index is 493. The predicted octanol–water partition coefficient (Wildman–Crippen LogP) is 3.10. The second-order valence-corrected chi connectivity index (χ2v) is 7.99. The van der Waals surface area contributed by atoms with Crippen molar-refractivity contribution < 1.29 is 9.53 Å². The van der Waals surface area contributed by atoms with Crippen LogP contribution in [0.2, 0.25) is 0 Å². The zero-order valence-electron chi connectivity index (χ0n) is 14.5. The first-order valence-electron chi connectivity index (χ1n) is 8.50. The molecule has 1 amide bonds. The van der Waals surface area contributed by atoms with Crippen molar-refractivity contribution in [3.8, 4) is 0 Å². The van der Waals surface area contributed by atoms with Gasteiger partial charge in [-0.25, -0.2) is 0 Å². The summed E-state index contributed by atoms with van der Waals surface area (Å²) in [5, 5.41) is 0. The monoisotopic (exact) mass is 356 g/mol. The van der Waals surface area contributed by atoms with Crippen molar-refractivity contribution in [2.24, 2.45) is 0 Å². The number of hydrogen-bond donors (Lipinski definition) is 0. The van der Waals surface area contributed by atoms with Crippen molar-refractivity contribution in [2.45, 2.75) is 27.3 Å². The molecule has 0 saturated carbocycles. The fourth-order valence-corrected chi connectivity index (χ4v) is 4.67. The summed E-state index contributed by atoms with van der Waals surface area (Å²) in [6.45, 7) is 12.3. The number of ether oxygens (including phenoxy) is 1. The topological polar surface area (TPSA) is 32.8 Å². The van der Waals surface area contributed by atoms with E-state index < -0.39 is 0 Å². The fraction of sp³-hybridized carbons (Fsp3) is 0.706. The van der Waals surface area contributed by atoms with Crippen LogP contribution < -0.4 is 0 Å². The van der Waals surface area contributed by atoms with Crippen molar-refractivity contribution in [1.29, 1.82) is 0 Å². The van der Waals surface area contributed by atoms with E-state index in [1.54, 1.807) is 11.3 Å². The SMILES string of the molecule is CC.Cc1cc(CN2CCOCC2)c(C(=O)N2CCSCC2)s1. The number of thiophene rings is 1. The first kappa shape index (κ1) is 18.8. The van der Waals surface area contributed by atoms with Crippen LogP contribution in [-0.2, 0) is 11.3 Å². The Morgan fingerprint density at radius 2 is 1.83 bits per heavy atom. The molecule has 6 heteroatoms. The van der Waals surface area contributed by atoms with E-state index in [0.29, 0.717) is 0 Å². The van der Waals surface area contributed by atoms with E-state index in [1.165, 1.54) is 10.4 Å². The van der Waals surface area contributed by atoms with E-state index in [9.17, 15) is 4.79 Å². The number of hydrogen-bond acceptors (Lipinski definition) is 5. The molecule has 2 aliphatic heterocycles. The van der Waals surface area contributed by atoms with Crippen LogP contribution in [0, 0.1) is 6.92 Å². The Hall–Kier alpha value is -0.560. The van der Waals surface area contributed by atoms with Gasteiger partial charge in [0.25, 0.3) is 5.91 Å². The molecule has 0 bridgehead atoms. The van der Waals surface area contributed by atoms with Gasteiger partial charge in [-0.05, 0) is 18.6 Å². The highest BCUT2D eigenvalue weighted by molar-refractivity contribution is 7.99. The van der Waals surface area contributed by atoms with Gasteiger partial charge in [-0.15, -0.1) is 11.3 Å². The predicted molar refractivity (Wildman–Crippen MR) is 99.7 cm³/mol. The highest BCUT2D eigenvalue weighted by atomic mass is 32.2. The minimum Gasteiger partial charge on any atom is -0.379 e. The lowest BCUT2D eigenvalue weighted by molar-refractivity contribution is 0.0340. The maximum Gasteiger partial charge on any atom is 0.264 e. The molecule has 0 aromatic carbocycles. The normalized spacial score (nSPS) is 19.2. The molecule has 1 aromatic heterocycles. The number of carbonyl (C=O) groups is 1. The number of aryl methyl sites for hydroxylation is 1. The standard InChI is InChI=1S/C15H22N2O2S2.C2H6/c1-12-10-13(11-16-2-6-19-7-3-16)14(21-12)15(18)17-4-8-20-9-5-17;1-2/h10H,2-9,11H2,1H3;1-2H3. The van der Waals surface area contributed by atoms with Crippen LogP contribution in [0.5, 0.6) is 0 Å². The summed E-state index contributed by atoms with van der Waals surface area (Å²) in [5.41, 5.74) is 1.20. The van der Waals surface area contributed by atoms with Gasteiger partial charge in [-0.2, -0.15) is 11.8 Å². The lowest BCUT2D eigenvalue weighted by Crippen LogP contribution is -2.39. The molecule has 23 heavy (non-hydrogen) atoms. The van der Waals surface area contributed by atoms with Gasteiger partial charge in [-0.3, -0.25) is 9.69 Å². The third-order valence-corrected chi connectivity index (χ3v) is 5.95.